The third-order valence-electron chi connectivity index (χ3n) is 4.82. The van der Waals surface area contributed by atoms with Crippen LogP contribution >= 0.6 is 11.6 Å². The fraction of sp³-hybridized carbons (Fsp3) is 0.0833. The third kappa shape index (κ3) is 3.98. The molecule has 0 bridgehead atoms. The number of ether oxygens (including phenoxy) is 2. The van der Waals surface area contributed by atoms with Crippen LogP contribution in [0.1, 0.15) is 11.4 Å². The van der Waals surface area contributed by atoms with Gasteiger partial charge in [0.1, 0.15) is 11.6 Å². The molecule has 0 atom stereocenters. The molecule has 0 aliphatic carbocycles. The summed E-state index contributed by atoms with van der Waals surface area (Å²) in [6, 6.07) is 17.3. The second-order valence-corrected chi connectivity index (χ2v) is 7.12. The lowest BCUT2D eigenvalue weighted by Crippen LogP contribution is -2.22. The van der Waals surface area contributed by atoms with Gasteiger partial charge in [0.2, 0.25) is 0 Å². The number of nitrogens with zero attached hydrogens (tertiary/aromatic N) is 2. The van der Waals surface area contributed by atoms with E-state index in [1.807, 2.05) is 6.07 Å². The molecule has 1 N–H and O–H groups in total. The Bertz CT molecular complexity index is 1360. The maximum Gasteiger partial charge on any atom is 0.266 e. The van der Waals surface area contributed by atoms with Crippen LogP contribution in [0.4, 0.5) is 0 Å². The lowest BCUT2D eigenvalue weighted by atomic mass is 10.1. The highest BCUT2D eigenvalue weighted by molar-refractivity contribution is 6.32. The molecule has 0 radical (unpaired) electrons. The summed E-state index contributed by atoms with van der Waals surface area (Å²) in [5.41, 5.74) is 1.65. The molecule has 1 heterocycles. The SMILES string of the molecule is COc1ccc(/C=C/c2nc3ccccc3c(=O)n2-c2ccc(OC)c(Cl)c2)cc1O. The molecule has 0 amide bonds. The molecule has 0 saturated carbocycles. The summed E-state index contributed by atoms with van der Waals surface area (Å²) in [4.78, 5) is 18.0. The fourth-order valence-corrected chi connectivity index (χ4v) is 3.54. The Kier molecular flexibility index (Phi) is 5.64. The molecule has 31 heavy (non-hydrogen) atoms. The second-order valence-electron chi connectivity index (χ2n) is 6.71. The monoisotopic (exact) mass is 434 g/mol. The number of methoxy groups -OCH3 is 2. The third-order valence-corrected chi connectivity index (χ3v) is 5.12. The van der Waals surface area contributed by atoms with Gasteiger partial charge in [0.25, 0.3) is 5.56 Å². The zero-order valence-electron chi connectivity index (χ0n) is 16.9. The number of phenolic OH excluding ortho intramolecular Hbond substituents is 1. The van der Waals surface area contributed by atoms with E-state index in [0.717, 1.165) is 5.56 Å². The van der Waals surface area contributed by atoms with E-state index in [9.17, 15) is 9.90 Å². The highest BCUT2D eigenvalue weighted by atomic mass is 35.5. The molecule has 0 fully saturated rings. The first-order valence-corrected chi connectivity index (χ1v) is 9.80. The van der Waals surface area contributed by atoms with Crippen molar-refractivity contribution >= 4 is 34.7 Å². The van der Waals surface area contributed by atoms with Crippen molar-refractivity contribution in [1.82, 2.24) is 9.55 Å². The van der Waals surface area contributed by atoms with Crippen molar-refractivity contribution in [2.24, 2.45) is 0 Å². The Hall–Kier alpha value is -3.77. The molecule has 4 aromatic rings. The van der Waals surface area contributed by atoms with E-state index in [0.29, 0.717) is 38.9 Å². The minimum absolute atomic E-state index is 0.0236. The maximum absolute atomic E-state index is 13.3. The highest BCUT2D eigenvalue weighted by Crippen LogP contribution is 2.28. The van der Waals surface area contributed by atoms with Gasteiger partial charge in [0, 0.05) is 0 Å². The summed E-state index contributed by atoms with van der Waals surface area (Å²) in [6.07, 6.45) is 3.48. The first-order chi connectivity index (χ1) is 15.0. The average molecular weight is 435 g/mol. The Morgan fingerprint density at radius 3 is 2.42 bits per heavy atom. The maximum atomic E-state index is 13.3. The number of para-hydroxylation sites is 1. The molecule has 0 aliphatic rings. The lowest BCUT2D eigenvalue weighted by molar-refractivity contribution is 0.373. The number of aromatic hydroxyl groups is 1. The number of phenols is 1. The Balaban J connectivity index is 1.89. The van der Waals surface area contributed by atoms with Gasteiger partial charge in [-0.2, -0.15) is 0 Å². The standard InChI is InChI=1S/C24H19ClN2O4/c1-30-21-11-9-16(14-18(21)25)27-23(26-19-6-4-3-5-17(19)24(27)29)12-8-15-7-10-22(31-2)20(28)13-15/h3-14,28H,1-2H3/b12-8+. The van der Waals surface area contributed by atoms with E-state index in [2.05, 4.69) is 4.98 Å². The minimum atomic E-state index is -0.218. The summed E-state index contributed by atoms with van der Waals surface area (Å²) in [5, 5.41) is 10.9. The molecule has 1 aromatic heterocycles. The number of benzene rings is 3. The van der Waals surface area contributed by atoms with E-state index in [4.69, 9.17) is 21.1 Å². The van der Waals surface area contributed by atoms with Gasteiger partial charge in [-0.1, -0.05) is 35.9 Å². The zero-order chi connectivity index (χ0) is 22.0. The molecular formula is C24H19ClN2O4. The van der Waals surface area contributed by atoms with E-state index in [1.165, 1.54) is 18.8 Å². The summed E-state index contributed by atoms with van der Waals surface area (Å²) in [5.74, 6) is 1.33. The van der Waals surface area contributed by atoms with Crippen LogP contribution in [0.25, 0.3) is 28.7 Å². The molecule has 4 rings (SSSR count). The van der Waals surface area contributed by atoms with Crippen LogP contribution in [0.3, 0.4) is 0 Å². The van der Waals surface area contributed by atoms with Crippen LogP contribution < -0.4 is 15.0 Å². The number of rotatable bonds is 5. The van der Waals surface area contributed by atoms with Crippen molar-refractivity contribution in [1.29, 1.82) is 0 Å². The van der Waals surface area contributed by atoms with Gasteiger partial charge < -0.3 is 14.6 Å². The summed E-state index contributed by atoms with van der Waals surface area (Å²) >= 11 is 6.30. The number of aromatic nitrogens is 2. The highest BCUT2D eigenvalue weighted by Gasteiger charge is 2.13. The van der Waals surface area contributed by atoms with Gasteiger partial charge in [-0.3, -0.25) is 9.36 Å². The Labute approximate surface area is 183 Å². The number of hydrogen-bond donors (Lipinski definition) is 1. The molecule has 0 saturated heterocycles. The zero-order valence-corrected chi connectivity index (χ0v) is 17.6. The summed E-state index contributed by atoms with van der Waals surface area (Å²) in [6.45, 7) is 0. The van der Waals surface area contributed by atoms with Gasteiger partial charge >= 0.3 is 0 Å². The van der Waals surface area contributed by atoms with Crippen LogP contribution in [-0.2, 0) is 0 Å². The molecule has 6 nitrogen and oxygen atoms in total. The molecule has 0 spiro atoms. The van der Waals surface area contributed by atoms with Crippen molar-refractivity contribution in [3.05, 3.63) is 87.4 Å². The first kappa shape index (κ1) is 20.5. The largest absolute Gasteiger partial charge is 0.504 e. The molecule has 0 unspecified atom stereocenters. The smallest absolute Gasteiger partial charge is 0.266 e. The van der Waals surface area contributed by atoms with E-state index in [1.54, 1.807) is 66.7 Å². The van der Waals surface area contributed by atoms with Crippen molar-refractivity contribution in [2.75, 3.05) is 14.2 Å². The summed E-state index contributed by atoms with van der Waals surface area (Å²) in [7, 11) is 3.02. The molecule has 7 heteroatoms. The van der Waals surface area contributed by atoms with Crippen molar-refractivity contribution in [3.63, 3.8) is 0 Å². The molecular weight excluding hydrogens is 416 g/mol. The van der Waals surface area contributed by atoms with Gasteiger partial charge in [-0.15, -0.1) is 0 Å². The average Bonchev–Trinajstić information content (AvgIpc) is 2.78. The van der Waals surface area contributed by atoms with E-state index >= 15 is 0 Å². The van der Waals surface area contributed by atoms with Crippen LogP contribution in [0.2, 0.25) is 5.02 Å². The second kappa shape index (κ2) is 8.53. The van der Waals surface area contributed by atoms with Crippen molar-refractivity contribution < 1.29 is 14.6 Å². The van der Waals surface area contributed by atoms with Crippen molar-refractivity contribution in [3.8, 4) is 22.9 Å². The topological polar surface area (TPSA) is 73.6 Å². The predicted octanol–water partition coefficient (Wildman–Crippen LogP) is 4.93. The van der Waals surface area contributed by atoms with E-state index < -0.39 is 0 Å². The Morgan fingerprint density at radius 1 is 0.968 bits per heavy atom. The first-order valence-electron chi connectivity index (χ1n) is 9.42. The van der Waals surface area contributed by atoms with Crippen molar-refractivity contribution in [2.45, 2.75) is 0 Å². The summed E-state index contributed by atoms with van der Waals surface area (Å²) < 4.78 is 11.8. The van der Waals surface area contributed by atoms with Crippen LogP contribution in [-0.4, -0.2) is 28.9 Å². The predicted molar refractivity (Wildman–Crippen MR) is 122 cm³/mol. The molecule has 3 aromatic carbocycles. The fourth-order valence-electron chi connectivity index (χ4n) is 3.29. The van der Waals surface area contributed by atoms with Crippen LogP contribution in [0.5, 0.6) is 17.2 Å². The number of hydrogen-bond acceptors (Lipinski definition) is 5. The van der Waals surface area contributed by atoms with Gasteiger partial charge in [0.05, 0.1) is 35.8 Å². The van der Waals surface area contributed by atoms with Gasteiger partial charge in [-0.25, -0.2) is 4.98 Å². The number of halogens is 1. The lowest BCUT2D eigenvalue weighted by Gasteiger charge is -2.13. The van der Waals surface area contributed by atoms with Gasteiger partial charge in [-0.05, 0) is 54.1 Å². The molecule has 156 valence electrons. The van der Waals surface area contributed by atoms with Gasteiger partial charge in [0.15, 0.2) is 11.5 Å². The van der Waals surface area contributed by atoms with E-state index in [-0.39, 0.29) is 11.3 Å². The van der Waals surface area contributed by atoms with Crippen LogP contribution in [0, 0.1) is 0 Å². The Morgan fingerprint density at radius 2 is 1.71 bits per heavy atom. The van der Waals surface area contributed by atoms with Crippen LogP contribution in [0.15, 0.2) is 65.5 Å². The number of fused-ring (bicyclic) bond motifs is 1. The quantitative estimate of drug-likeness (QED) is 0.482. The minimum Gasteiger partial charge on any atom is -0.504 e. The molecule has 0 aliphatic heterocycles. The normalized spacial score (nSPS) is 11.2.